The van der Waals surface area contributed by atoms with Gasteiger partial charge < -0.3 is 4.72 Å². The summed E-state index contributed by atoms with van der Waals surface area (Å²) in [6, 6.07) is 8.05. The lowest BCUT2D eigenvalue weighted by atomic mass is 10.2. The summed E-state index contributed by atoms with van der Waals surface area (Å²) in [6.45, 7) is 5.76. The Kier molecular flexibility index (Phi) is 7.57. The third kappa shape index (κ3) is 5.40. The van der Waals surface area contributed by atoms with E-state index in [1.54, 1.807) is 25.1 Å². The van der Waals surface area contributed by atoms with Gasteiger partial charge in [-0.15, -0.1) is 0 Å². The van der Waals surface area contributed by atoms with Crippen LogP contribution in [0.4, 0.5) is 18.9 Å². The smallest absolute Gasteiger partial charge is 0.301 e. The quantitative estimate of drug-likeness (QED) is 0.630. The summed E-state index contributed by atoms with van der Waals surface area (Å²) in [5.74, 6) is 0. The second-order valence-corrected chi connectivity index (χ2v) is 6.53. The molecule has 0 amide bonds. The van der Waals surface area contributed by atoms with Crippen LogP contribution in [-0.4, -0.2) is 4.21 Å². The highest BCUT2D eigenvalue weighted by atomic mass is 35.5. The van der Waals surface area contributed by atoms with Crippen LogP contribution in [0.2, 0.25) is 10.0 Å². The van der Waals surface area contributed by atoms with Gasteiger partial charge in [-0.25, -0.2) is 4.21 Å². The maximum absolute atomic E-state index is 12.8. The van der Waals surface area contributed by atoms with Gasteiger partial charge in [0.25, 0.3) is 0 Å². The van der Waals surface area contributed by atoms with Crippen molar-refractivity contribution in [3.05, 3.63) is 57.6 Å². The van der Waals surface area contributed by atoms with Crippen molar-refractivity contribution < 1.29 is 17.4 Å². The Labute approximate surface area is 151 Å². The van der Waals surface area contributed by atoms with E-state index in [-0.39, 0.29) is 4.90 Å². The summed E-state index contributed by atoms with van der Waals surface area (Å²) >= 11 is 11.4. The zero-order valence-corrected chi connectivity index (χ0v) is 15.5. The molecule has 0 bridgehead atoms. The van der Waals surface area contributed by atoms with Crippen LogP contribution in [0.1, 0.15) is 25.0 Å². The largest absolute Gasteiger partial charge is 0.417 e. The summed E-state index contributed by atoms with van der Waals surface area (Å²) in [5, 5.41) is -0.00984. The molecule has 2 aromatic rings. The van der Waals surface area contributed by atoms with Gasteiger partial charge >= 0.3 is 6.18 Å². The molecule has 2 nitrogen and oxygen atoms in total. The third-order valence-electron chi connectivity index (χ3n) is 2.86. The van der Waals surface area contributed by atoms with Gasteiger partial charge in [-0.05, 0) is 42.8 Å². The van der Waals surface area contributed by atoms with E-state index in [9.17, 15) is 17.4 Å². The number of halogens is 5. The molecule has 0 saturated heterocycles. The molecular formula is C16H16Cl2F3NOS. The molecule has 0 heterocycles. The predicted octanol–water partition coefficient (Wildman–Crippen LogP) is 6.48. The molecular weight excluding hydrogens is 382 g/mol. The van der Waals surface area contributed by atoms with Gasteiger partial charge in [-0.3, -0.25) is 0 Å². The van der Waals surface area contributed by atoms with Crippen LogP contribution in [0.25, 0.3) is 0 Å². The van der Waals surface area contributed by atoms with Crippen molar-refractivity contribution in [1.29, 1.82) is 0 Å². The van der Waals surface area contributed by atoms with Crippen LogP contribution in [0.5, 0.6) is 0 Å². The van der Waals surface area contributed by atoms with E-state index in [4.69, 9.17) is 23.2 Å². The first kappa shape index (κ1) is 20.8. The van der Waals surface area contributed by atoms with Gasteiger partial charge in [0.05, 0.1) is 21.2 Å². The molecule has 0 radical (unpaired) electrons. The van der Waals surface area contributed by atoms with Crippen LogP contribution in [0, 0.1) is 6.92 Å². The van der Waals surface area contributed by atoms with Crippen molar-refractivity contribution >= 4 is 39.9 Å². The molecule has 0 aliphatic carbocycles. The van der Waals surface area contributed by atoms with Crippen molar-refractivity contribution in [2.24, 2.45) is 0 Å². The van der Waals surface area contributed by atoms with Crippen LogP contribution in [0.3, 0.4) is 0 Å². The monoisotopic (exact) mass is 397 g/mol. The van der Waals surface area contributed by atoms with Crippen LogP contribution < -0.4 is 4.72 Å². The van der Waals surface area contributed by atoms with Crippen LogP contribution in [0.15, 0.2) is 41.3 Å². The molecule has 8 heteroatoms. The number of benzene rings is 2. The average Bonchev–Trinajstić information content (AvgIpc) is 2.52. The number of hydrogen-bond acceptors (Lipinski definition) is 1. The third-order valence-corrected chi connectivity index (χ3v) is 4.51. The summed E-state index contributed by atoms with van der Waals surface area (Å²) in [7, 11) is -1.87. The molecule has 1 N–H and O–H groups in total. The lowest BCUT2D eigenvalue weighted by molar-refractivity contribution is -0.137. The van der Waals surface area contributed by atoms with Crippen molar-refractivity contribution in [3.63, 3.8) is 0 Å². The maximum Gasteiger partial charge on any atom is 0.417 e. The standard InChI is InChI=1S/C14H10Cl2F3NOS.C2H6/c1-8-2-3-9(15)6-13(8)20-22(21)10-4-5-12(16)11(7-10)14(17,18)19;1-2/h2-7,20H,1H3;1-2H3. The number of alkyl halides is 3. The Bertz CT molecular complexity index is 736. The Morgan fingerprint density at radius 2 is 1.67 bits per heavy atom. The van der Waals surface area contributed by atoms with E-state index in [1.165, 1.54) is 6.07 Å². The molecule has 1 unspecified atom stereocenters. The minimum absolute atomic E-state index is 0.0314. The van der Waals surface area contributed by atoms with Crippen LogP contribution >= 0.6 is 23.2 Å². The Morgan fingerprint density at radius 1 is 1.04 bits per heavy atom. The molecule has 2 rings (SSSR count). The molecule has 1 atom stereocenters. The second kappa shape index (κ2) is 8.74. The highest BCUT2D eigenvalue weighted by molar-refractivity contribution is 7.86. The number of rotatable bonds is 3. The highest BCUT2D eigenvalue weighted by Crippen LogP contribution is 2.35. The topological polar surface area (TPSA) is 29.1 Å². The van der Waals surface area contributed by atoms with E-state index in [2.05, 4.69) is 4.72 Å². The van der Waals surface area contributed by atoms with E-state index in [1.807, 2.05) is 13.8 Å². The molecule has 132 valence electrons. The zero-order valence-electron chi connectivity index (χ0n) is 13.2. The lowest BCUT2D eigenvalue weighted by Gasteiger charge is -2.12. The van der Waals surface area contributed by atoms with E-state index < -0.39 is 27.7 Å². The SMILES string of the molecule is CC.Cc1ccc(Cl)cc1NS(=O)c1ccc(Cl)c(C(F)(F)F)c1. The van der Waals surface area contributed by atoms with E-state index in [0.29, 0.717) is 10.7 Å². The first-order valence-corrected chi connectivity index (χ1v) is 8.90. The summed E-state index contributed by atoms with van der Waals surface area (Å²) < 4.78 is 53.3. The van der Waals surface area contributed by atoms with Gasteiger partial charge in [0.1, 0.15) is 11.0 Å². The average molecular weight is 398 g/mol. The van der Waals surface area contributed by atoms with Gasteiger partial charge in [0, 0.05) is 5.02 Å². The minimum atomic E-state index is -4.61. The zero-order chi connectivity index (χ0) is 18.5. The van der Waals surface area contributed by atoms with Gasteiger partial charge in [0.2, 0.25) is 0 Å². The Morgan fingerprint density at radius 3 is 2.25 bits per heavy atom. The molecule has 2 aromatic carbocycles. The minimum Gasteiger partial charge on any atom is -0.301 e. The summed E-state index contributed by atoms with van der Waals surface area (Å²) in [6.07, 6.45) is -4.61. The molecule has 0 saturated carbocycles. The molecule has 0 aliphatic rings. The maximum atomic E-state index is 12.8. The molecule has 0 fully saturated rings. The first-order valence-electron chi connectivity index (χ1n) is 7.00. The lowest BCUT2D eigenvalue weighted by Crippen LogP contribution is -2.10. The second-order valence-electron chi connectivity index (χ2n) is 4.47. The van der Waals surface area contributed by atoms with Crippen molar-refractivity contribution in [1.82, 2.24) is 0 Å². The molecule has 24 heavy (non-hydrogen) atoms. The van der Waals surface area contributed by atoms with Crippen molar-refractivity contribution in [2.75, 3.05) is 4.72 Å². The summed E-state index contributed by atoms with van der Waals surface area (Å²) in [4.78, 5) is -0.0314. The molecule has 0 aromatic heterocycles. The predicted molar refractivity (Wildman–Crippen MR) is 94.0 cm³/mol. The van der Waals surface area contributed by atoms with E-state index >= 15 is 0 Å². The first-order chi connectivity index (χ1) is 11.2. The van der Waals surface area contributed by atoms with E-state index in [0.717, 1.165) is 17.7 Å². The molecule has 0 aliphatic heterocycles. The highest BCUT2D eigenvalue weighted by Gasteiger charge is 2.33. The van der Waals surface area contributed by atoms with Gasteiger partial charge in [0.15, 0.2) is 0 Å². The number of nitrogens with one attached hydrogen (secondary N) is 1. The number of aryl methyl sites for hydroxylation is 1. The van der Waals surface area contributed by atoms with Gasteiger partial charge in [-0.1, -0.05) is 43.1 Å². The summed E-state index contributed by atoms with van der Waals surface area (Å²) in [5.41, 5.74) is 0.224. The number of anilines is 1. The van der Waals surface area contributed by atoms with Gasteiger partial charge in [-0.2, -0.15) is 13.2 Å². The normalized spacial score (nSPS) is 12.2. The van der Waals surface area contributed by atoms with Crippen LogP contribution in [-0.2, 0) is 17.2 Å². The fourth-order valence-corrected chi connectivity index (χ4v) is 3.05. The molecule has 0 spiro atoms. The fourth-order valence-electron chi connectivity index (χ4n) is 1.70. The van der Waals surface area contributed by atoms with Crippen molar-refractivity contribution in [2.45, 2.75) is 31.8 Å². The van der Waals surface area contributed by atoms with Crippen molar-refractivity contribution in [3.8, 4) is 0 Å². The Balaban J connectivity index is 0.00000139. The Hall–Kier alpha value is -1.24. The number of hydrogen-bond donors (Lipinski definition) is 1. The fraction of sp³-hybridized carbons (Fsp3) is 0.250.